The number of hydrogen-bond acceptors (Lipinski definition) is 7. The molecule has 7 rings (SSSR count). The maximum absolute atomic E-state index is 14.7. The topological polar surface area (TPSA) is 107 Å². The molecule has 2 aliphatic heterocycles. The highest BCUT2D eigenvalue weighted by molar-refractivity contribution is 6.32. The third-order valence-electron chi connectivity index (χ3n) is 8.83. The highest BCUT2D eigenvalue weighted by Crippen LogP contribution is 2.61. The molecule has 1 aliphatic carbocycles. The van der Waals surface area contributed by atoms with Crippen molar-refractivity contribution in [2.45, 2.75) is 18.0 Å². The normalized spacial score (nSPS) is 21.0. The fourth-order valence-electron chi connectivity index (χ4n) is 7.10. The molecule has 9 heteroatoms. The van der Waals surface area contributed by atoms with Crippen molar-refractivity contribution in [2.24, 2.45) is 5.41 Å². The minimum absolute atomic E-state index is 0.232. The molecule has 0 saturated carbocycles. The van der Waals surface area contributed by atoms with Crippen LogP contribution in [-0.2, 0) is 0 Å². The highest BCUT2D eigenvalue weighted by atomic mass is 19.1. The molecule has 0 radical (unpaired) electrons. The molecule has 43 heavy (non-hydrogen) atoms. The Morgan fingerprint density at radius 3 is 2.35 bits per heavy atom. The summed E-state index contributed by atoms with van der Waals surface area (Å²) in [6.07, 6.45) is 3.33. The Morgan fingerprint density at radius 2 is 1.65 bits per heavy atom. The van der Waals surface area contributed by atoms with Crippen LogP contribution in [0.4, 0.5) is 15.8 Å². The van der Waals surface area contributed by atoms with Crippen LogP contribution in [0, 0.1) is 21.3 Å². The van der Waals surface area contributed by atoms with E-state index in [9.17, 15) is 28.9 Å². The zero-order valence-electron chi connectivity index (χ0n) is 22.8. The average molecular weight is 575 g/mol. The Labute approximate surface area is 245 Å². The molecule has 0 aromatic heterocycles. The van der Waals surface area contributed by atoms with Gasteiger partial charge in [-0.3, -0.25) is 24.5 Å². The first kappa shape index (κ1) is 26.5. The number of non-ortho nitro benzene ring substituents is 1. The predicted octanol–water partition coefficient (Wildman–Crippen LogP) is 6.06. The fraction of sp³-hybridized carbons (Fsp3) is 0.147. The Morgan fingerprint density at radius 1 is 0.930 bits per heavy atom. The summed E-state index contributed by atoms with van der Waals surface area (Å²) in [5, 5.41) is 11.9. The van der Waals surface area contributed by atoms with Gasteiger partial charge < -0.3 is 9.64 Å². The first-order valence-corrected chi connectivity index (χ1v) is 13.6. The molecule has 4 aromatic rings. The lowest BCUT2D eigenvalue weighted by Crippen LogP contribution is -2.48. The summed E-state index contributed by atoms with van der Waals surface area (Å²) in [5.41, 5.74) is -0.0878. The Hall–Kier alpha value is -5.44. The van der Waals surface area contributed by atoms with Gasteiger partial charge in [0.05, 0.1) is 18.1 Å². The standard InChI is InChI=1S/C34H23FN2O6/c1-43-24-9-5-7-21(18-24)31(38)30-29(20-6-4-8-23(17-20)37(41)42)34(32(39)25-10-2-3-11-26(25)33(34)40)28-15-12-19-16-22(35)13-14-27(19)36(28)30/h2-18,28-30H,1H3/t28-,29+,30-/m1/s1. The number of anilines is 1. The second kappa shape index (κ2) is 9.55. The lowest BCUT2D eigenvalue weighted by molar-refractivity contribution is -0.384. The summed E-state index contributed by atoms with van der Waals surface area (Å²) in [6, 6.07) is 20.8. The molecule has 3 atom stereocenters. The molecule has 1 fully saturated rings. The fourth-order valence-corrected chi connectivity index (χ4v) is 7.10. The summed E-state index contributed by atoms with van der Waals surface area (Å²) in [7, 11) is 1.48. The third kappa shape index (κ3) is 3.64. The average Bonchev–Trinajstić information content (AvgIpc) is 3.46. The van der Waals surface area contributed by atoms with Crippen molar-refractivity contribution in [3.05, 3.63) is 141 Å². The molecular formula is C34H23FN2O6. The van der Waals surface area contributed by atoms with Gasteiger partial charge in [-0.1, -0.05) is 60.7 Å². The summed E-state index contributed by atoms with van der Waals surface area (Å²) >= 11 is 0. The zero-order chi connectivity index (χ0) is 30.0. The van der Waals surface area contributed by atoms with E-state index in [4.69, 9.17) is 4.74 Å². The predicted molar refractivity (Wildman–Crippen MR) is 156 cm³/mol. The second-order valence-electron chi connectivity index (χ2n) is 10.9. The van der Waals surface area contributed by atoms with E-state index in [1.54, 1.807) is 71.6 Å². The summed E-state index contributed by atoms with van der Waals surface area (Å²) < 4.78 is 19.8. The minimum atomic E-state index is -1.83. The van der Waals surface area contributed by atoms with Crippen molar-refractivity contribution in [3.63, 3.8) is 0 Å². The summed E-state index contributed by atoms with van der Waals surface area (Å²) in [5.74, 6) is -2.53. The number of Topliss-reactive ketones (excluding diaryl/α,β-unsaturated/α-hetero) is 3. The number of nitro groups is 1. The summed E-state index contributed by atoms with van der Waals surface area (Å²) in [6.45, 7) is 0. The molecule has 0 amide bonds. The van der Waals surface area contributed by atoms with Crippen molar-refractivity contribution < 1.29 is 28.4 Å². The van der Waals surface area contributed by atoms with Crippen LogP contribution in [0.25, 0.3) is 6.08 Å². The van der Waals surface area contributed by atoms with Crippen molar-refractivity contribution in [1.29, 1.82) is 0 Å². The number of nitro benzene ring substituents is 1. The quantitative estimate of drug-likeness (QED) is 0.123. The number of ether oxygens (including phenoxy) is 1. The van der Waals surface area contributed by atoms with E-state index in [0.717, 1.165) is 0 Å². The Balaban J connectivity index is 1.56. The lowest BCUT2D eigenvalue weighted by atomic mass is 9.64. The molecule has 0 N–H and O–H groups in total. The van der Waals surface area contributed by atoms with Gasteiger partial charge in [0.2, 0.25) is 0 Å². The van der Waals surface area contributed by atoms with Gasteiger partial charge in [0.15, 0.2) is 17.3 Å². The number of nitrogens with zero attached hydrogens (tertiary/aromatic N) is 2. The van der Waals surface area contributed by atoms with Crippen LogP contribution in [-0.4, -0.2) is 41.5 Å². The van der Waals surface area contributed by atoms with Crippen LogP contribution in [0.3, 0.4) is 0 Å². The van der Waals surface area contributed by atoms with E-state index >= 15 is 0 Å². The summed E-state index contributed by atoms with van der Waals surface area (Å²) in [4.78, 5) is 57.1. The molecular weight excluding hydrogens is 551 g/mol. The van der Waals surface area contributed by atoms with E-state index in [1.807, 2.05) is 0 Å². The van der Waals surface area contributed by atoms with Crippen LogP contribution < -0.4 is 9.64 Å². The molecule has 1 spiro atoms. The molecule has 2 heterocycles. The molecule has 3 aliphatic rings. The first-order valence-electron chi connectivity index (χ1n) is 13.6. The second-order valence-corrected chi connectivity index (χ2v) is 10.9. The monoisotopic (exact) mass is 574 g/mol. The number of carbonyl (C=O) groups excluding carboxylic acids is 3. The van der Waals surface area contributed by atoms with Crippen molar-refractivity contribution in [3.8, 4) is 5.75 Å². The van der Waals surface area contributed by atoms with Crippen LogP contribution >= 0.6 is 0 Å². The van der Waals surface area contributed by atoms with Crippen LogP contribution in [0.5, 0.6) is 5.75 Å². The highest BCUT2D eigenvalue weighted by Gasteiger charge is 2.71. The van der Waals surface area contributed by atoms with Crippen molar-refractivity contribution in [2.75, 3.05) is 12.0 Å². The maximum Gasteiger partial charge on any atom is 0.269 e. The zero-order valence-corrected chi connectivity index (χ0v) is 22.8. The van der Waals surface area contributed by atoms with E-state index < -0.39 is 51.5 Å². The molecule has 212 valence electrons. The number of halogens is 1. The third-order valence-corrected chi connectivity index (χ3v) is 8.83. The number of fused-ring (bicyclic) bond motifs is 5. The van der Waals surface area contributed by atoms with Gasteiger partial charge in [-0.05, 0) is 35.9 Å². The van der Waals surface area contributed by atoms with Gasteiger partial charge in [0.25, 0.3) is 5.69 Å². The number of ketones is 3. The van der Waals surface area contributed by atoms with Gasteiger partial charge >= 0.3 is 0 Å². The molecule has 0 unspecified atom stereocenters. The van der Waals surface area contributed by atoms with Crippen molar-refractivity contribution >= 4 is 34.8 Å². The largest absolute Gasteiger partial charge is 0.497 e. The van der Waals surface area contributed by atoms with E-state index in [0.29, 0.717) is 22.6 Å². The number of rotatable bonds is 5. The molecule has 1 saturated heterocycles. The minimum Gasteiger partial charge on any atom is -0.497 e. The van der Waals surface area contributed by atoms with Gasteiger partial charge in [0, 0.05) is 46.0 Å². The van der Waals surface area contributed by atoms with Crippen molar-refractivity contribution in [1.82, 2.24) is 0 Å². The first-order chi connectivity index (χ1) is 20.8. The van der Waals surface area contributed by atoms with Gasteiger partial charge in [-0.2, -0.15) is 0 Å². The number of carbonyl (C=O) groups is 3. The van der Waals surface area contributed by atoms with E-state index in [1.165, 1.54) is 43.5 Å². The van der Waals surface area contributed by atoms with Crippen LogP contribution in [0.15, 0.2) is 97.1 Å². The maximum atomic E-state index is 14.7. The van der Waals surface area contributed by atoms with E-state index in [2.05, 4.69) is 0 Å². The number of methoxy groups -OCH3 is 1. The lowest BCUT2D eigenvalue weighted by Gasteiger charge is -2.37. The van der Waals surface area contributed by atoms with Gasteiger partial charge in [-0.15, -0.1) is 0 Å². The van der Waals surface area contributed by atoms with Crippen LogP contribution in [0.2, 0.25) is 0 Å². The number of hydrogen-bond donors (Lipinski definition) is 0. The Kier molecular flexibility index (Phi) is 5.88. The Bertz CT molecular complexity index is 1880. The van der Waals surface area contributed by atoms with E-state index in [-0.39, 0.29) is 22.4 Å². The molecule has 4 aromatic carbocycles. The molecule has 0 bridgehead atoms. The molecule has 8 nitrogen and oxygen atoms in total. The van der Waals surface area contributed by atoms with Gasteiger partial charge in [0.1, 0.15) is 23.0 Å². The number of benzene rings is 4. The van der Waals surface area contributed by atoms with Crippen LogP contribution in [0.1, 0.15) is 48.1 Å². The van der Waals surface area contributed by atoms with Gasteiger partial charge in [-0.25, -0.2) is 4.39 Å². The SMILES string of the molecule is COc1cccc(C(=O)[C@H]2[C@H](c3cccc([N+](=O)[O-])c3)C3(C(=O)c4ccccc4C3=O)[C@H]3C=Cc4cc(F)ccc4N23)c1. The smallest absolute Gasteiger partial charge is 0.269 e.